The summed E-state index contributed by atoms with van der Waals surface area (Å²) in [5.74, 6) is -1.25. The molecule has 2 rings (SSSR count). The van der Waals surface area contributed by atoms with Gasteiger partial charge in [-0.05, 0) is 12.1 Å². The van der Waals surface area contributed by atoms with E-state index in [4.69, 9.17) is 4.74 Å². The fourth-order valence-corrected chi connectivity index (χ4v) is 1.23. The smallest absolute Gasteiger partial charge is 0.167 e. The fraction of sp³-hybridized carbons (Fsp3) is 0.0833. The molecule has 0 amide bonds. The number of nitrogens with zero attached hydrogens (tertiary/aromatic N) is 2. The van der Waals surface area contributed by atoms with E-state index in [-0.39, 0.29) is 12.4 Å². The fourth-order valence-electron chi connectivity index (χ4n) is 1.23. The standard InChI is InChI=1S/C12H8F2N2O2/c13-9-1-2-11(10(14)3-9)18-7-12-15-4-8(6-17)5-16-12/h1-6H,7H2. The number of rotatable bonds is 4. The van der Waals surface area contributed by atoms with Crippen LogP contribution < -0.4 is 4.74 Å². The van der Waals surface area contributed by atoms with E-state index in [0.29, 0.717) is 17.7 Å². The maximum atomic E-state index is 13.2. The predicted octanol–water partition coefficient (Wildman–Crippen LogP) is 2.15. The summed E-state index contributed by atoms with van der Waals surface area (Å²) in [5.41, 5.74) is 0.340. The van der Waals surface area contributed by atoms with Gasteiger partial charge in [0.05, 0.1) is 5.56 Å². The third kappa shape index (κ3) is 2.85. The average Bonchev–Trinajstić information content (AvgIpc) is 2.38. The Morgan fingerprint density at radius 2 is 1.94 bits per heavy atom. The van der Waals surface area contributed by atoms with Crippen molar-refractivity contribution in [2.24, 2.45) is 0 Å². The molecule has 18 heavy (non-hydrogen) atoms. The molecule has 1 aromatic heterocycles. The Morgan fingerprint density at radius 1 is 1.22 bits per heavy atom. The van der Waals surface area contributed by atoms with Crippen molar-refractivity contribution in [3.05, 3.63) is 53.6 Å². The molecule has 0 saturated carbocycles. The summed E-state index contributed by atoms with van der Waals surface area (Å²) >= 11 is 0. The van der Waals surface area contributed by atoms with Crippen LogP contribution in [0.3, 0.4) is 0 Å². The lowest BCUT2D eigenvalue weighted by atomic mass is 10.3. The summed E-state index contributed by atoms with van der Waals surface area (Å²) in [7, 11) is 0. The second-order valence-corrected chi connectivity index (χ2v) is 3.41. The molecule has 92 valence electrons. The minimum Gasteiger partial charge on any atom is -0.483 e. The van der Waals surface area contributed by atoms with Gasteiger partial charge in [0.2, 0.25) is 0 Å². The Bertz CT molecular complexity index is 559. The van der Waals surface area contributed by atoms with Gasteiger partial charge in [-0.1, -0.05) is 0 Å². The Hall–Kier alpha value is -2.37. The van der Waals surface area contributed by atoms with Crippen molar-refractivity contribution in [2.45, 2.75) is 6.61 Å². The van der Waals surface area contributed by atoms with Crippen LogP contribution in [0, 0.1) is 11.6 Å². The van der Waals surface area contributed by atoms with Crippen LogP contribution in [0.15, 0.2) is 30.6 Å². The highest BCUT2D eigenvalue weighted by Gasteiger charge is 2.06. The van der Waals surface area contributed by atoms with E-state index in [9.17, 15) is 13.6 Å². The summed E-state index contributed by atoms with van der Waals surface area (Å²) in [6, 6.07) is 3.00. The summed E-state index contributed by atoms with van der Waals surface area (Å²) < 4.78 is 31.0. The first-order valence-corrected chi connectivity index (χ1v) is 5.03. The molecule has 0 radical (unpaired) electrons. The molecule has 0 N–H and O–H groups in total. The van der Waals surface area contributed by atoms with Gasteiger partial charge >= 0.3 is 0 Å². The molecule has 0 bridgehead atoms. The van der Waals surface area contributed by atoms with E-state index < -0.39 is 11.6 Å². The summed E-state index contributed by atoms with van der Waals surface area (Å²) in [5, 5.41) is 0. The van der Waals surface area contributed by atoms with Crippen molar-refractivity contribution >= 4 is 6.29 Å². The molecule has 1 aromatic carbocycles. The van der Waals surface area contributed by atoms with Crippen LogP contribution in [0.2, 0.25) is 0 Å². The zero-order chi connectivity index (χ0) is 13.0. The summed E-state index contributed by atoms with van der Waals surface area (Å²) in [6.45, 7) is -0.0678. The van der Waals surface area contributed by atoms with Gasteiger partial charge in [0, 0.05) is 18.5 Å². The lowest BCUT2D eigenvalue weighted by molar-refractivity contribution is 0.112. The SMILES string of the molecule is O=Cc1cnc(COc2ccc(F)cc2F)nc1. The van der Waals surface area contributed by atoms with Crippen LogP contribution in [0.25, 0.3) is 0 Å². The third-order valence-electron chi connectivity index (χ3n) is 2.11. The van der Waals surface area contributed by atoms with Crippen molar-refractivity contribution in [2.75, 3.05) is 0 Å². The van der Waals surface area contributed by atoms with Gasteiger partial charge in [0.25, 0.3) is 0 Å². The van der Waals surface area contributed by atoms with Gasteiger partial charge in [-0.15, -0.1) is 0 Å². The van der Waals surface area contributed by atoms with Crippen molar-refractivity contribution in [3.63, 3.8) is 0 Å². The van der Waals surface area contributed by atoms with Crippen LogP contribution in [-0.4, -0.2) is 16.3 Å². The molecule has 0 fully saturated rings. The molecule has 0 aliphatic carbocycles. The van der Waals surface area contributed by atoms with E-state index in [2.05, 4.69) is 9.97 Å². The molecule has 0 aliphatic rings. The Morgan fingerprint density at radius 3 is 2.56 bits per heavy atom. The van der Waals surface area contributed by atoms with Gasteiger partial charge in [-0.2, -0.15) is 0 Å². The number of hydrogen-bond donors (Lipinski definition) is 0. The second kappa shape index (κ2) is 5.31. The number of carbonyl (C=O) groups excluding carboxylic acids is 1. The van der Waals surface area contributed by atoms with Crippen molar-refractivity contribution in [1.82, 2.24) is 9.97 Å². The van der Waals surface area contributed by atoms with Crippen LogP contribution in [0.5, 0.6) is 5.75 Å². The maximum Gasteiger partial charge on any atom is 0.167 e. The number of benzene rings is 1. The van der Waals surface area contributed by atoms with Crippen molar-refractivity contribution in [1.29, 1.82) is 0 Å². The zero-order valence-electron chi connectivity index (χ0n) is 9.14. The maximum absolute atomic E-state index is 13.2. The quantitative estimate of drug-likeness (QED) is 0.780. The summed E-state index contributed by atoms with van der Waals surface area (Å²) in [6.07, 6.45) is 3.28. The Kier molecular flexibility index (Phi) is 3.57. The Labute approximate surface area is 101 Å². The molecule has 0 aliphatic heterocycles. The number of halogens is 2. The monoisotopic (exact) mass is 250 g/mol. The number of aldehydes is 1. The van der Waals surface area contributed by atoms with E-state index in [1.54, 1.807) is 0 Å². The third-order valence-corrected chi connectivity index (χ3v) is 2.11. The molecular formula is C12H8F2N2O2. The van der Waals surface area contributed by atoms with Gasteiger partial charge < -0.3 is 4.74 Å². The Balaban J connectivity index is 2.04. The van der Waals surface area contributed by atoms with Gasteiger partial charge in [0.15, 0.2) is 23.7 Å². The van der Waals surface area contributed by atoms with Crippen LogP contribution in [0.4, 0.5) is 8.78 Å². The van der Waals surface area contributed by atoms with Crippen LogP contribution in [0.1, 0.15) is 16.2 Å². The minimum atomic E-state index is -0.792. The average molecular weight is 250 g/mol. The molecule has 6 heteroatoms. The number of ether oxygens (including phenoxy) is 1. The normalized spacial score (nSPS) is 10.1. The van der Waals surface area contributed by atoms with Crippen molar-refractivity contribution < 1.29 is 18.3 Å². The van der Waals surface area contributed by atoms with Gasteiger partial charge in [-0.3, -0.25) is 4.79 Å². The van der Waals surface area contributed by atoms with Gasteiger partial charge in [-0.25, -0.2) is 18.7 Å². The lowest BCUT2D eigenvalue weighted by Crippen LogP contribution is -2.03. The summed E-state index contributed by atoms with van der Waals surface area (Å²) in [4.78, 5) is 18.1. The first kappa shape index (κ1) is 12.1. The van der Waals surface area contributed by atoms with E-state index in [0.717, 1.165) is 12.1 Å². The molecule has 0 spiro atoms. The van der Waals surface area contributed by atoms with E-state index in [1.165, 1.54) is 18.5 Å². The first-order valence-electron chi connectivity index (χ1n) is 5.03. The highest BCUT2D eigenvalue weighted by Crippen LogP contribution is 2.18. The lowest BCUT2D eigenvalue weighted by Gasteiger charge is -2.06. The van der Waals surface area contributed by atoms with E-state index in [1.807, 2.05) is 0 Å². The largest absolute Gasteiger partial charge is 0.483 e. The molecule has 0 saturated heterocycles. The highest BCUT2D eigenvalue weighted by molar-refractivity contribution is 5.73. The number of carbonyl (C=O) groups is 1. The molecule has 0 unspecified atom stereocenters. The molecule has 2 aromatic rings. The molecule has 0 atom stereocenters. The zero-order valence-corrected chi connectivity index (χ0v) is 9.14. The highest BCUT2D eigenvalue weighted by atomic mass is 19.1. The van der Waals surface area contributed by atoms with Crippen LogP contribution >= 0.6 is 0 Å². The molecule has 1 heterocycles. The topological polar surface area (TPSA) is 52.1 Å². The van der Waals surface area contributed by atoms with E-state index >= 15 is 0 Å². The molecule has 4 nitrogen and oxygen atoms in total. The first-order chi connectivity index (χ1) is 8.69. The minimum absolute atomic E-state index is 0.0678. The number of hydrogen-bond acceptors (Lipinski definition) is 4. The predicted molar refractivity (Wildman–Crippen MR) is 58.1 cm³/mol. The molecular weight excluding hydrogens is 242 g/mol. The van der Waals surface area contributed by atoms with Crippen LogP contribution in [-0.2, 0) is 6.61 Å². The second-order valence-electron chi connectivity index (χ2n) is 3.41. The number of aromatic nitrogens is 2. The van der Waals surface area contributed by atoms with Gasteiger partial charge in [0.1, 0.15) is 12.4 Å². The van der Waals surface area contributed by atoms with Crippen molar-refractivity contribution in [3.8, 4) is 5.75 Å².